The topological polar surface area (TPSA) is 68.0 Å². The van der Waals surface area contributed by atoms with Crippen LogP contribution in [-0.2, 0) is 4.79 Å². The summed E-state index contributed by atoms with van der Waals surface area (Å²) in [4.78, 5) is 17.7. The average molecular weight is 329 g/mol. The van der Waals surface area contributed by atoms with E-state index < -0.39 is 0 Å². The number of thiazole rings is 1. The lowest BCUT2D eigenvalue weighted by Gasteiger charge is -2.10. The molecular formula is C16H15N3OS2. The Kier molecular flexibility index (Phi) is 4.31. The molecule has 3 aromatic rings. The second-order valence-electron chi connectivity index (χ2n) is 4.81. The van der Waals surface area contributed by atoms with E-state index in [-0.39, 0.29) is 11.2 Å². The summed E-state index contributed by atoms with van der Waals surface area (Å²) in [6.07, 6.45) is 0. The molecule has 0 saturated carbocycles. The zero-order valence-electron chi connectivity index (χ0n) is 11.9. The minimum absolute atomic E-state index is 0.0547. The van der Waals surface area contributed by atoms with Crippen molar-refractivity contribution >= 4 is 50.0 Å². The van der Waals surface area contributed by atoms with E-state index in [0.29, 0.717) is 5.13 Å². The summed E-state index contributed by atoms with van der Waals surface area (Å²) in [6.45, 7) is 1.88. The van der Waals surface area contributed by atoms with Gasteiger partial charge in [0.15, 0.2) is 5.13 Å². The first-order valence-corrected chi connectivity index (χ1v) is 8.50. The molecular weight excluding hydrogens is 314 g/mol. The van der Waals surface area contributed by atoms with E-state index in [1.54, 1.807) is 0 Å². The van der Waals surface area contributed by atoms with Crippen LogP contribution >= 0.6 is 23.1 Å². The molecule has 1 heterocycles. The van der Waals surface area contributed by atoms with Gasteiger partial charge in [0.1, 0.15) is 0 Å². The first kappa shape index (κ1) is 14.9. The Morgan fingerprint density at radius 1 is 1.23 bits per heavy atom. The SMILES string of the molecule is CC(Sc1ccc(N)cc1)C(=O)Nc1nc2ccccc2s1. The molecule has 0 saturated heterocycles. The molecule has 0 aliphatic carbocycles. The number of para-hydroxylation sites is 1. The van der Waals surface area contributed by atoms with Crippen molar-refractivity contribution in [1.29, 1.82) is 0 Å². The molecule has 6 heteroatoms. The van der Waals surface area contributed by atoms with Gasteiger partial charge in [-0.15, -0.1) is 11.8 Å². The normalized spacial score (nSPS) is 12.2. The van der Waals surface area contributed by atoms with Crippen LogP contribution < -0.4 is 11.1 Å². The van der Waals surface area contributed by atoms with E-state index in [1.807, 2.05) is 55.5 Å². The van der Waals surface area contributed by atoms with Crippen molar-refractivity contribution in [3.05, 3.63) is 48.5 Å². The smallest absolute Gasteiger partial charge is 0.239 e. The van der Waals surface area contributed by atoms with Crippen LogP contribution in [0.5, 0.6) is 0 Å². The number of rotatable bonds is 4. The maximum atomic E-state index is 12.3. The van der Waals surface area contributed by atoms with Crippen molar-refractivity contribution in [3.8, 4) is 0 Å². The van der Waals surface area contributed by atoms with Crippen molar-refractivity contribution in [2.45, 2.75) is 17.1 Å². The van der Waals surface area contributed by atoms with Gasteiger partial charge in [-0.3, -0.25) is 4.79 Å². The van der Waals surface area contributed by atoms with E-state index in [4.69, 9.17) is 5.73 Å². The fraction of sp³-hybridized carbons (Fsp3) is 0.125. The Labute approximate surface area is 136 Å². The molecule has 1 unspecified atom stereocenters. The molecule has 3 N–H and O–H groups in total. The lowest BCUT2D eigenvalue weighted by atomic mass is 10.3. The Morgan fingerprint density at radius 2 is 1.95 bits per heavy atom. The summed E-state index contributed by atoms with van der Waals surface area (Å²) >= 11 is 2.98. The molecule has 0 bridgehead atoms. The van der Waals surface area contributed by atoms with Crippen LogP contribution in [0.25, 0.3) is 10.2 Å². The zero-order chi connectivity index (χ0) is 15.5. The maximum absolute atomic E-state index is 12.3. The zero-order valence-corrected chi connectivity index (χ0v) is 13.6. The molecule has 1 aromatic heterocycles. The monoisotopic (exact) mass is 329 g/mol. The van der Waals surface area contributed by atoms with Gasteiger partial charge < -0.3 is 11.1 Å². The number of nitrogens with zero attached hydrogens (tertiary/aromatic N) is 1. The number of nitrogens with two attached hydrogens (primary N) is 1. The van der Waals surface area contributed by atoms with Gasteiger partial charge >= 0.3 is 0 Å². The summed E-state index contributed by atoms with van der Waals surface area (Å²) in [6, 6.07) is 15.3. The predicted octanol–water partition coefficient (Wildman–Crippen LogP) is 4.00. The van der Waals surface area contributed by atoms with Crippen molar-refractivity contribution in [1.82, 2.24) is 4.98 Å². The number of amides is 1. The van der Waals surface area contributed by atoms with E-state index in [2.05, 4.69) is 10.3 Å². The van der Waals surface area contributed by atoms with Gasteiger partial charge in [0, 0.05) is 10.6 Å². The number of carbonyl (C=O) groups is 1. The second-order valence-corrected chi connectivity index (χ2v) is 7.25. The number of carbonyl (C=O) groups excluding carboxylic acids is 1. The highest BCUT2D eigenvalue weighted by Gasteiger charge is 2.16. The number of hydrogen-bond acceptors (Lipinski definition) is 5. The number of benzene rings is 2. The summed E-state index contributed by atoms with van der Waals surface area (Å²) in [7, 11) is 0. The van der Waals surface area contributed by atoms with Gasteiger partial charge in [0.2, 0.25) is 5.91 Å². The third-order valence-corrected chi connectivity index (χ3v) is 5.15. The highest BCUT2D eigenvalue weighted by atomic mass is 32.2. The van der Waals surface area contributed by atoms with E-state index in [0.717, 1.165) is 20.8 Å². The molecule has 0 aliphatic rings. The van der Waals surface area contributed by atoms with Crippen LogP contribution in [0.2, 0.25) is 0 Å². The molecule has 1 atom stereocenters. The highest BCUT2D eigenvalue weighted by Crippen LogP contribution is 2.28. The number of nitrogens with one attached hydrogen (secondary N) is 1. The van der Waals surface area contributed by atoms with Gasteiger partial charge in [-0.1, -0.05) is 23.5 Å². The fourth-order valence-electron chi connectivity index (χ4n) is 1.94. The number of aromatic nitrogens is 1. The van der Waals surface area contributed by atoms with Gasteiger partial charge in [-0.05, 0) is 43.3 Å². The Hall–Kier alpha value is -2.05. The summed E-state index contributed by atoms with van der Waals surface area (Å²) in [5.74, 6) is -0.0547. The van der Waals surface area contributed by atoms with Crippen LogP contribution in [-0.4, -0.2) is 16.1 Å². The second kappa shape index (κ2) is 6.37. The number of hydrogen-bond donors (Lipinski definition) is 2. The van der Waals surface area contributed by atoms with E-state index >= 15 is 0 Å². The molecule has 1 amide bonds. The summed E-state index contributed by atoms with van der Waals surface area (Å²) in [5, 5.41) is 3.31. The van der Waals surface area contributed by atoms with Crippen LogP contribution in [0.3, 0.4) is 0 Å². The molecule has 2 aromatic carbocycles. The summed E-state index contributed by atoms with van der Waals surface area (Å²) < 4.78 is 1.07. The first-order chi connectivity index (χ1) is 10.6. The van der Waals surface area contributed by atoms with Gasteiger partial charge in [-0.2, -0.15) is 0 Å². The highest BCUT2D eigenvalue weighted by molar-refractivity contribution is 8.00. The van der Waals surface area contributed by atoms with Gasteiger partial charge in [0.05, 0.1) is 15.5 Å². The molecule has 4 nitrogen and oxygen atoms in total. The lowest BCUT2D eigenvalue weighted by molar-refractivity contribution is -0.115. The number of anilines is 2. The average Bonchev–Trinajstić information content (AvgIpc) is 2.91. The Bertz CT molecular complexity index is 766. The third kappa shape index (κ3) is 3.40. The minimum atomic E-state index is -0.212. The summed E-state index contributed by atoms with van der Waals surface area (Å²) in [5.41, 5.74) is 7.28. The van der Waals surface area contributed by atoms with Gasteiger partial charge in [-0.25, -0.2) is 4.98 Å². The van der Waals surface area contributed by atoms with Crippen LogP contribution in [0.1, 0.15) is 6.92 Å². The molecule has 0 fully saturated rings. The van der Waals surface area contributed by atoms with Crippen molar-refractivity contribution in [3.63, 3.8) is 0 Å². The van der Waals surface area contributed by atoms with Crippen LogP contribution in [0.4, 0.5) is 10.8 Å². The fourth-order valence-corrected chi connectivity index (χ4v) is 3.67. The van der Waals surface area contributed by atoms with Crippen molar-refractivity contribution in [2.75, 3.05) is 11.1 Å². The molecule has 0 spiro atoms. The van der Waals surface area contributed by atoms with Crippen molar-refractivity contribution < 1.29 is 4.79 Å². The van der Waals surface area contributed by atoms with Crippen molar-refractivity contribution in [2.24, 2.45) is 0 Å². The van der Waals surface area contributed by atoms with Gasteiger partial charge in [0.25, 0.3) is 0 Å². The standard InChI is InChI=1S/C16H15N3OS2/c1-10(21-12-8-6-11(17)7-9-12)15(20)19-16-18-13-4-2-3-5-14(13)22-16/h2-10H,17H2,1H3,(H,18,19,20). The first-order valence-electron chi connectivity index (χ1n) is 6.80. The minimum Gasteiger partial charge on any atom is -0.399 e. The molecule has 112 valence electrons. The largest absolute Gasteiger partial charge is 0.399 e. The predicted molar refractivity (Wildman–Crippen MR) is 94.4 cm³/mol. The third-order valence-electron chi connectivity index (χ3n) is 3.09. The maximum Gasteiger partial charge on any atom is 0.239 e. The molecule has 3 rings (SSSR count). The van der Waals surface area contributed by atoms with E-state index in [9.17, 15) is 4.79 Å². The number of thioether (sulfide) groups is 1. The quantitative estimate of drug-likeness (QED) is 0.561. The van der Waals surface area contributed by atoms with Crippen LogP contribution in [0.15, 0.2) is 53.4 Å². The Balaban J connectivity index is 1.66. The molecule has 22 heavy (non-hydrogen) atoms. The number of nitrogen functional groups attached to an aromatic ring is 1. The number of fused-ring (bicyclic) bond motifs is 1. The Morgan fingerprint density at radius 3 is 2.68 bits per heavy atom. The lowest BCUT2D eigenvalue weighted by Crippen LogP contribution is -2.22. The molecule has 0 radical (unpaired) electrons. The van der Waals surface area contributed by atoms with Crippen LogP contribution in [0, 0.1) is 0 Å². The molecule has 0 aliphatic heterocycles. The van der Waals surface area contributed by atoms with E-state index in [1.165, 1.54) is 23.1 Å².